The standard InChI is InChI=1S/C17H23N3O4S2/c1-4-19-13-9-8-12(24-5-2)11-15(13)25-17(19)18-16(21)14-7-6-10-20(14)26(3,22)23/h8-9,11,14H,4-7,10H2,1-3H3. The Bertz CT molecular complexity index is 991. The lowest BCUT2D eigenvalue weighted by atomic mass is 10.2. The molecule has 1 fully saturated rings. The van der Waals surface area contributed by atoms with E-state index in [0.717, 1.165) is 22.2 Å². The fraction of sp³-hybridized carbons (Fsp3) is 0.529. The number of hydrogen-bond donors (Lipinski definition) is 0. The van der Waals surface area contributed by atoms with Gasteiger partial charge in [-0.3, -0.25) is 4.79 Å². The summed E-state index contributed by atoms with van der Waals surface area (Å²) in [4.78, 5) is 17.6. The molecule has 7 nitrogen and oxygen atoms in total. The topological polar surface area (TPSA) is 81.0 Å². The summed E-state index contributed by atoms with van der Waals surface area (Å²) in [5, 5.41) is 0. The Morgan fingerprint density at radius 2 is 2.15 bits per heavy atom. The molecular weight excluding hydrogens is 374 g/mol. The third-order valence-electron chi connectivity index (χ3n) is 4.40. The molecule has 1 amide bonds. The smallest absolute Gasteiger partial charge is 0.266 e. The van der Waals surface area contributed by atoms with Gasteiger partial charge >= 0.3 is 0 Å². The Morgan fingerprint density at radius 3 is 2.81 bits per heavy atom. The van der Waals surface area contributed by atoms with Crippen LogP contribution in [-0.2, 0) is 21.4 Å². The van der Waals surface area contributed by atoms with Crippen LogP contribution in [0.15, 0.2) is 23.2 Å². The number of aromatic nitrogens is 1. The molecule has 1 unspecified atom stereocenters. The highest BCUT2D eigenvalue weighted by molar-refractivity contribution is 7.88. The molecule has 3 rings (SSSR count). The van der Waals surface area contributed by atoms with E-state index >= 15 is 0 Å². The van der Waals surface area contributed by atoms with Crippen LogP contribution in [0.1, 0.15) is 26.7 Å². The number of benzene rings is 1. The van der Waals surface area contributed by atoms with Gasteiger partial charge in [-0.1, -0.05) is 11.3 Å². The predicted molar refractivity (Wildman–Crippen MR) is 102 cm³/mol. The van der Waals surface area contributed by atoms with E-state index in [1.165, 1.54) is 15.6 Å². The van der Waals surface area contributed by atoms with E-state index in [4.69, 9.17) is 4.74 Å². The number of nitrogens with zero attached hydrogens (tertiary/aromatic N) is 3. The van der Waals surface area contributed by atoms with Gasteiger partial charge in [0.15, 0.2) is 4.80 Å². The average molecular weight is 398 g/mol. The molecule has 26 heavy (non-hydrogen) atoms. The Balaban J connectivity index is 2.02. The summed E-state index contributed by atoms with van der Waals surface area (Å²) >= 11 is 1.41. The number of amides is 1. The molecule has 0 spiro atoms. The molecule has 0 bridgehead atoms. The minimum absolute atomic E-state index is 0.378. The van der Waals surface area contributed by atoms with Gasteiger partial charge in [0.05, 0.1) is 23.1 Å². The summed E-state index contributed by atoms with van der Waals surface area (Å²) in [6, 6.07) is 5.11. The molecule has 1 saturated heterocycles. The molecule has 1 aliphatic rings. The number of fused-ring (bicyclic) bond motifs is 1. The summed E-state index contributed by atoms with van der Waals surface area (Å²) < 4.78 is 33.5. The van der Waals surface area contributed by atoms with Crippen LogP contribution in [0, 0.1) is 0 Å². The number of aryl methyl sites for hydroxylation is 1. The van der Waals surface area contributed by atoms with Crippen molar-refractivity contribution in [1.29, 1.82) is 0 Å². The van der Waals surface area contributed by atoms with E-state index in [-0.39, 0.29) is 0 Å². The molecule has 0 aliphatic carbocycles. The first kappa shape index (κ1) is 19.1. The first-order chi connectivity index (χ1) is 12.3. The van der Waals surface area contributed by atoms with Gasteiger partial charge in [0.25, 0.3) is 5.91 Å². The van der Waals surface area contributed by atoms with E-state index in [0.29, 0.717) is 37.3 Å². The van der Waals surface area contributed by atoms with Crippen LogP contribution < -0.4 is 9.54 Å². The lowest BCUT2D eigenvalue weighted by Crippen LogP contribution is -2.39. The van der Waals surface area contributed by atoms with Crippen molar-refractivity contribution in [2.24, 2.45) is 4.99 Å². The van der Waals surface area contributed by atoms with E-state index in [1.54, 1.807) is 0 Å². The fourth-order valence-electron chi connectivity index (χ4n) is 3.25. The molecule has 0 saturated carbocycles. The van der Waals surface area contributed by atoms with Crippen molar-refractivity contribution in [3.05, 3.63) is 23.0 Å². The Kier molecular flexibility index (Phi) is 5.50. The normalized spacial score (nSPS) is 19.3. The van der Waals surface area contributed by atoms with Crippen molar-refractivity contribution in [3.8, 4) is 5.75 Å². The van der Waals surface area contributed by atoms with Crippen molar-refractivity contribution in [3.63, 3.8) is 0 Å². The highest BCUT2D eigenvalue weighted by Gasteiger charge is 2.36. The average Bonchev–Trinajstić information content (AvgIpc) is 3.18. The van der Waals surface area contributed by atoms with Crippen LogP contribution >= 0.6 is 11.3 Å². The van der Waals surface area contributed by atoms with Crippen LogP contribution in [-0.4, -0.2) is 48.6 Å². The van der Waals surface area contributed by atoms with Gasteiger partial charge in [-0.15, -0.1) is 0 Å². The van der Waals surface area contributed by atoms with Crippen molar-refractivity contribution in [1.82, 2.24) is 8.87 Å². The molecule has 9 heteroatoms. The fourth-order valence-corrected chi connectivity index (χ4v) is 5.50. The summed E-state index contributed by atoms with van der Waals surface area (Å²) in [5.41, 5.74) is 0.985. The van der Waals surface area contributed by atoms with Crippen LogP contribution in [0.25, 0.3) is 10.2 Å². The van der Waals surface area contributed by atoms with Crippen LogP contribution in [0.5, 0.6) is 5.75 Å². The number of ether oxygens (including phenoxy) is 1. The first-order valence-electron chi connectivity index (χ1n) is 8.66. The van der Waals surface area contributed by atoms with E-state index in [1.807, 2.05) is 36.6 Å². The molecule has 1 aliphatic heterocycles. The molecule has 1 aromatic carbocycles. The summed E-state index contributed by atoms with van der Waals surface area (Å²) in [7, 11) is -3.41. The van der Waals surface area contributed by atoms with Crippen LogP contribution in [0.2, 0.25) is 0 Å². The van der Waals surface area contributed by atoms with Crippen molar-refractivity contribution in [2.75, 3.05) is 19.4 Å². The Morgan fingerprint density at radius 1 is 1.38 bits per heavy atom. The Hall–Kier alpha value is -1.71. The van der Waals surface area contributed by atoms with Gasteiger partial charge in [-0.2, -0.15) is 9.30 Å². The van der Waals surface area contributed by atoms with Crippen molar-refractivity contribution >= 4 is 37.5 Å². The predicted octanol–water partition coefficient (Wildman–Crippen LogP) is 1.97. The molecule has 0 N–H and O–H groups in total. The van der Waals surface area contributed by atoms with E-state index in [2.05, 4.69) is 4.99 Å². The first-order valence-corrected chi connectivity index (χ1v) is 11.3. The number of sulfonamides is 1. The quantitative estimate of drug-likeness (QED) is 0.773. The molecular formula is C17H23N3O4S2. The highest BCUT2D eigenvalue weighted by atomic mass is 32.2. The second-order valence-electron chi connectivity index (χ2n) is 6.17. The SMILES string of the molecule is CCOc1ccc2c(c1)sc(=NC(=O)C1CCCN1S(C)(=O)=O)n2CC. The van der Waals surface area contributed by atoms with Gasteiger partial charge in [-0.25, -0.2) is 8.42 Å². The summed E-state index contributed by atoms with van der Waals surface area (Å²) in [6.07, 6.45) is 2.33. The lowest BCUT2D eigenvalue weighted by Gasteiger charge is -2.18. The second-order valence-corrected chi connectivity index (χ2v) is 9.12. The van der Waals surface area contributed by atoms with Gasteiger partial charge in [-0.05, 0) is 44.9 Å². The number of hydrogen-bond acceptors (Lipinski definition) is 5. The third-order valence-corrected chi connectivity index (χ3v) is 6.73. The number of rotatable bonds is 5. The molecule has 1 aromatic heterocycles. The minimum Gasteiger partial charge on any atom is -0.494 e. The van der Waals surface area contributed by atoms with Gasteiger partial charge < -0.3 is 9.30 Å². The molecule has 142 valence electrons. The molecule has 1 atom stereocenters. The monoisotopic (exact) mass is 397 g/mol. The molecule has 0 radical (unpaired) electrons. The zero-order valence-electron chi connectivity index (χ0n) is 15.1. The van der Waals surface area contributed by atoms with Gasteiger partial charge in [0.1, 0.15) is 11.8 Å². The van der Waals surface area contributed by atoms with Crippen molar-refractivity contribution in [2.45, 2.75) is 39.3 Å². The van der Waals surface area contributed by atoms with Crippen LogP contribution in [0.3, 0.4) is 0 Å². The maximum atomic E-state index is 12.7. The lowest BCUT2D eigenvalue weighted by molar-refractivity contribution is -0.121. The summed E-state index contributed by atoms with van der Waals surface area (Å²) in [5.74, 6) is 0.383. The maximum absolute atomic E-state index is 12.7. The van der Waals surface area contributed by atoms with Gasteiger partial charge in [0, 0.05) is 13.1 Å². The number of thiazole rings is 1. The zero-order valence-corrected chi connectivity index (χ0v) is 16.8. The largest absolute Gasteiger partial charge is 0.494 e. The zero-order chi connectivity index (χ0) is 18.9. The molecule has 2 heterocycles. The van der Waals surface area contributed by atoms with Gasteiger partial charge in [0.2, 0.25) is 10.0 Å². The number of carbonyl (C=O) groups excluding carboxylic acids is 1. The number of carbonyl (C=O) groups is 1. The maximum Gasteiger partial charge on any atom is 0.266 e. The second kappa shape index (κ2) is 7.50. The van der Waals surface area contributed by atoms with Crippen molar-refractivity contribution < 1.29 is 17.9 Å². The van der Waals surface area contributed by atoms with Crippen LogP contribution in [0.4, 0.5) is 0 Å². The highest BCUT2D eigenvalue weighted by Crippen LogP contribution is 2.24. The third kappa shape index (κ3) is 3.70. The van der Waals surface area contributed by atoms with E-state index < -0.39 is 22.0 Å². The molecule has 2 aromatic rings. The Labute approximate surface area is 157 Å². The van der Waals surface area contributed by atoms with E-state index in [9.17, 15) is 13.2 Å². The minimum atomic E-state index is -3.41. The summed E-state index contributed by atoms with van der Waals surface area (Å²) in [6.45, 7) is 5.55.